The lowest BCUT2D eigenvalue weighted by molar-refractivity contribution is -0.148. The Morgan fingerprint density at radius 3 is 2.57 bits per heavy atom. The minimum Gasteiger partial charge on any atom is -0.492 e. The molecule has 1 unspecified atom stereocenters. The van der Waals surface area contributed by atoms with Crippen molar-refractivity contribution < 1.29 is 32.5 Å². The summed E-state index contributed by atoms with van der Waals surface area (Å²) in [5.41, 5.74) is 2.57. The van der Waals surface area contributed by atoms with E-state index >= 15 is 0 Å². The van der Waals surface area contributed by atoms with Crippen LogP contribution in [0.15, 0.2) is 41.3 Å². The molecule has 0 aliphatic carbocycles. The van der Waals surface area contributed by atoms with Gasteiger partial charge in [0.25, 0.3) is 0 Å². The summed E-state index contributed by atoms with van der Waals surface area (Å²) >= 11 is 0. The Morgan fingerprint density at radius 2 is 1.91 bits per heavy atom. The Labute approximate surface area is 206 Å². The molecular formula is C25H32N2O7S. The number of likely N-dealkylation sites (tertiary alicyclic amines) is 1. The normalized spacial score (nSPS) is 18.7. The molecule has 0 bridgehead atoms. The van der Waals surface area contributed by atoms with Gasteiger partial charge in [-0.15, -0.1) is 0 Å². The van der Waals surface area contributed by atoms with Crippen molar-refractivity contribution in [1.29, 1.82) is 0 Å². The Morgan fingerprint density at radius 1 is 1.17 bits per heavy atom. The van der Waals surface area contributed by atoms with Crippen molar-refractivity contribution in [1.82, 2.24) is 9.80 Å². The van der Waals surface area contributed by atoms with Crippen molar-refractivity contribution in [2.24, 2.45) is 5.92 Å². The Bertz CT molecular complexity index is 1170. The molecule has 2 aromatic rings. The average molecular weight is 505 g/mol. The van der Waals surface area contributed by atoms with Crippen molar-refractivity contribution in [3.8, 4) is 22.6 Å². The van der Waals surface area contributed by atoms with Crippen LogP contribution in [0.2, 0.25) is 0 Å². The molecule has 2 aliphatic rings. The molecule has 190 valence electrons. The highest BCUT2D eigenvalue weighted by Crippen LogP contribution is 2.38. The van der Waals surface area contributed by atoms with Crippen LogP contribution >= 0.6 is 0 Å². The maximum absolute atomic E-state index is 12.1. The van der Waals surface area contributed by atoms with Crippen LogP contribution < -0.4 is 9.47 Å². The molecular weight excluding hydrogens is 472 g/mol. The zero-order chi connectivity index (χ0) is 25.2. The fourth-order valence-corrected chi connectivity index (χ4v) is 4.97. The Kier molecular flexibility index (Phi) is 7.53. The predicted octanol–water partition coefficient (Wildman–Crippen LogP) is 3.32. The lowest BCUT2D eigenvalue weighted by Gasteiger charge is -2.36. The molecule has 0 saturated carbocycles. The fourth-order valence-electron chi connectivity index (χ4n) is 4.33. The number of likely N-dealkylation sites (N-methyl/N-ethyl adjacent to an activating group) is 1. The third-order valence-electron chi connectivity index (χ3n) is 6.39. The number of sulfone groups is 1. The molecule has 2 heterocycles. The van der Waals surface area contributed by atoms with Gasteiger partial charge in [-0.2, -0.15) is 0 Å². The SMILES string of the molecule is CN(C)CCOc1cc(S(C)(=O)=O)ccc1-c1ccc2c(c1)COC(C1CCN(C(=O)O)CC1)O2. The van der Waals surface area contributed by atoms with Crippen LogP contribution in [0, 0.1) is 5.92 Å². The van der Waals surface area contributed by atoms with Crippen molar-refractivity contribution in [3.05, 3.63) is 42.0 Å². The summed E-state index contributed by atoms with van der Waals surface area (Å²) in [5.74, 6) is 1.39. The van der Waals surface area contributed by atoms with E-state index in [-0.39, 0.29) is 10.8 Å². The van der Waals surface area contributed by atoms with Crippen LogP contribution in [0.3, 0.4) is 0 Å². The maximum Gasteiger partial charge on any atom is 0.407 e. The molecule has 1 atom stereocenters. The first kappa shape index (κ1) is 25.3. The minimum atomic E-state index is -3.37. The van der Waals surface area contributed by atoms with Gasteiger partial charge in [-0.05, 0) is 62.8 Å². The van der Waals surface area contributed by atoms with Gasteiger partial charge in [0.15, 0.2) is 9.84 Å². The zero-order valence-corrected chi connectivity index (χ0v) is 21.1. The standard InChI is InChI=1S/C25H32N2O7S/c1-26(2)12-13-32-23-15-20(35(3,30)31)5-6-21(23)18-4-7-22-19(14-18)16-33-24(34-22)17-8-10-27(11-9-17)25(28)29/h4-7,14-15,17,24H,8-13,16H2,1-3H3,(H,28,29). The van der Waals surface area contributed by atoms with E-state index in [1.807, 2.05) is 37.2 Å². The first-order valence-corrected chi connectivity index (χ1v) is 13.5. The molecule has 1 amide bonds. The van der Waals surface area contributed by atoms with Gasteiger partial charge < -0.3 is 29.1 Å². The molecule has 35 heavy (non-hydrogen) atoms. The van der Waals surface area contributed by atoms with Gasteiger partial charge in [0.2, 0.25) is 6.29 Å². The largest absolute Gasteiger partial charge is 0.492 e. The number of nitrogens with zero attached hydrogens (tertiary/aromatic N) is 2. The predicted molar refractivity (Wildman–Crippen MR) is 131 cm³/mol. The minimum absolute atomic E-state index is 0.138. The topological polar surface area (TPSA) is 106 Å². The van der Waals surface area contributed by atoms with Crippen LogP contribution in [0.5, 0.6) is 11.5 Å². The fraction of sp³-hybridized carbons (Fsp3) is 0.480. The van der Waals surface area contributed by atoms with E-state index in [0.717, 1.165) is 22.4 Å². The van der Waals surface area contributed by atoms with E-state index in [1.54, 1.807) is 18.2 Å². The van der Waals surface area contributed by atoms with Crippen molar-refractivity contribution in [2.75, 3.05) is 46.6 Å². The van der Waals surface area contributed by atoms with Gasteiger partial charge in [0.1, 0.15) is 18.1 Å². The first-order chi connectivity index (χ1) is 16.6. The monoisotopic (exact) mass is 504 g/mol. The van der Waals surface area contributed by atoms with Crippen LogP contribution in [0.1, 0.15) is 18.4 Å². The number of fused-ring (bicyclic) bond motifs is 1. The highest BCUT2D eigenvalue weighted by Gasteiger charge is 2.33. The summed E-state index contributed by atoms with van der Waals surface area (Å²) in [6, 6.07) is 10.8. The van der Waals surface area contributed by atoms with Gasteiger partial charge in [0.05, 0.1) is 11.5 Å². The van der Waals surface area contributed by atoms with Gasteiger partial charge in [-0.3, -0.25) is 0 Å². The number of carboxylic acid groups (broad SMARTS) is 1. The van der Waals surface area contributed by atoms with Crippen molar-refractivity contribution >= 4 is 15.9 Å². The summed E-state index contributed by atoms with van der Waals surface area (Å²) in [7, 11) is 0.525. The smallest absolute Gasteiger partial charge is 0.407 e. The van der Waals surface area contributed by atoms with E-state index in [9.17, 15) is 13.2 Å². The number of hydrogen-bond acceptors (Lipinski definition) is 7. The first-order valence-electron chi connectivity index (χ1n) is 11.6. The number of piperidine rings is 1. The molecule has 10 heteroatoms. The maximum atomic E-state index is 12.1. The number of rotatable bonds is 7. The van der Waals surface area contributed by atoms with Crippen molar-refractivity contribution in [3.63, 3.8) is 0 Å². The molecule has 1 fully saturated rings. The van der Waals surface area contributed by atoms with Crippen LogP contribution in [0.25, 0.3) is 11.1 Å². The number of amides is 1. The molecule has 9 nitrogen and oxygen atoms in total. The highest BCUT2D eigenvalue weighted by molar-refractivity contribution is 7.90. The number of hydrogen-bond donors (Lipinski definition) is 1. The number of carbonyl (C=O) groups is 1. The molecule has 1 saturated heterocycles. The van der Waals surface area contributed by atoms with E-state index in [4.69, 9.17) is 19.3 Å². The molecule has 2 aromatic carbocycles. The van der Waals surface area contributed by atoms with Gasteiger partial charge >= 0.3 is 6.09 Å². The second-order valence-corrected chi connectivity index (χ2v) is 11.3. The van der Waals surface area contributed by atoms with Crippen molar-refractivity contribution in [2.45, 2.75) is 30.6 Å². The summed E-state index contributed by atoms with van der Waals surface area (Å²) in [5, 5.41) is 9.15. The van der Waals surface area contributed by atoms with Gasteiger partial charge in [0, 0.05) is 42.9 Å². The third-order valence-corrected chi connectivity index (χ3v) is 7.50. The summed E-state index contributed by atoms with van der Waals surface area (Å²) < 4.78 is 42.3. The van der Waals surface area contributed by atoms with Crippen LogP contribution in [-0.2, 0) is 21.2 Å². The van der Waals surface area contributed by atoms with E-state index < -0.39 is 22.2 Å². The molecule has 1 N–H and O–H groups in total. The molecule has 4 rings (SSSR count). The summed E-state index contributed by atoms with van der Waals surface area (Å²) in [6.07, 6.45) is 1.29. The lowest BCUT2D eigenvalue weighted by Crippen LogP contribution is -2.43. The van der Waals surface area contributed by atoms with E-state index in [0.29, 0.717) is 51.4 Å². The Balaban J connectivity index is 1.53. The zero-order valence-electron chi connectivity index (χ0n) is 20.3. The average Bonchev–Trinajstić information content (AvgIpc) is 2.82. The highest BCUT2D eigenvalue weighted by atomic mass is 32.2. The van der Waals surface area contributed by atoms with Gasteiger partial charge in [-0.25, -0.2) is 13.2 Å². The molecule has 2 aliphatic heterocycles. The summed E-state index contributed by atoms with van der Waals surface area (Å²) in [4.78, 5) is 14.8. The van der Waals surface area contributed by atoms with E-state index in [1.165, 1.54) is 11.2 Å². The number of benzene rings is 2. The lowest BCUT2D eigenvalue weighted by atomic mass is 9.95. The molecule has 0 spiro atoms. The Hall–Kier alpha value is -2.82. The summed E-state index contributed by atoms with van der Waals surface area (Å²) in [6.45, 7) is 2.46. The molecule has 0 aromatic heterocycles. The number of ether oxygens (including phenoxy) is 3. The van der Waals surface area contributed by atoms with Crippen LogP contribution in [0.4, 0.5) is 4.79 Å². The quantitative estimate of drug-likeness (QED) is 0.612. The van der Waals surface area contributed by atoms with Crippen LogP contribution in [-0.4, -0.2) is 82.3 Å². The molecule has 0 radical (unpaired) electrons. The second kappa shape index (κ2) is 10.4. The second-order valence-electron chi connectivity index (χ2n) is 9.31. The van der Waals surface area contributed by atoms with E-state index in [2.05, 4.69) is 0 Å². The third kappa shape index (κ3) is 6.06. The van der Waals surface area contributed by atoms with Gasteiger partial charge in [-0.1, -0.05) is 6.07 Å².